The molecule has 0 aliphatic heterocycles. The van der Waals surface area contributed by atoms with E-state index in [4.69, 9.17) is 5.11 Å². The largest absolute Gasteiger partial charge is 0.395 e. The SMILES string of the molecule is O=C(Nc1ccncc1)N(CCO)Cc1ccsc1. The third-order valence-electron chi connectivity index (χ3n) is 2.54. The van der Waals surface area contributed by atoms with E-state index in [0.29, 0.717) is 18.8 Å². The highest BCUT2D eigenvalue weighted by Crippen LogP contribution is 2.11. The summed E-state index contributed by atoms with van der Waals surface area (Å²) in [6.45, 7) is 0.724. The van der Waals surface area contributed by atoms with E-state index in [-0.39, 0.29) is 12.6 Å². The minimum Gasteiger partial charge on any atom is -0.395 e. The number of amides is 2. The second kappa shape index (κ2) is 6.86. The van der Waals surface area contributed by atoms with Crippen LogP contribution in [0.25, 0.3) is 0 Å². The number of aliphatic hydroxyl groups excluding tert-OH is 1. The summed E-state index contributed by atoms with van der Waals surface area (Å²) < 4.78 is 0. The average Bonchev–Trinajstić information content (AvgIpc) is 2.92. The summed E-state index contributed by atoms with van der Waals surface area (Å²) in [6.07, 6.45) is 3.23. The first-order valence-corrected chi connectivity index (χ1v) is 6.82. The number of carbonyl (C=O) groups excluding carboxylic acids is 1. The molecule has 19 heavy (non-hydrogen) atoms. The smallest absolute Gasteiger partial charge is 0.322 e. The van der Waals surface area contributed by atoms with Crippen molar-refractivity contribution >= 4 is 23.1 Å². The number of pyridine rings is 1. The van der Waals surface area contributed by atoms with Crippen molar-refractivity contribution in [3.63, 3.8) is 0 Å². The van der Waals surface area contributed by atoms with E-state index >= 15 is 0 Å². The Labute approximate surface area is 115 Å². The molecule has 2 heterocycles. The van der Waals surface area contributed by atoms with Crippen LogP contribution in [0.3, 0.4) is 0 Å². The summed E-state index contributed by atoms with van der Waals surface area (Å²) in [4.78, 5) is 17.6. The summed E-state index contributed by atoms with van der Waals surface area (Å²) in [7, 11) is 0. The predicted octanol–water partition coefficient (Wildman–Crippen LogP) is 2.17. The molecule has 0 spiro atoms. The molecule has 2 amide bonds. The van der Waals surface area contributed by atoms with Gasteiger partial charge in [-0.05, 0) is 34.5 Å². The standard InChI is InChI=1S/C13H15N3O2S/c17-7-6-16(9-11-3-8-19-10-11)13(18)15-12-1-4-14-5-2-12/h1-5,8,10,17H,6-7,9H2,(H,14,15,18). The first kappa shape index (κ1) is 13.5. The van der Waals surface area contributed by atoms with E-state index in [1.807, 2.05) is 16.8 Å². The molecule has 0 aliphatic rings. The van der Waals surface area contributed by atoms with Crippen molar-refractivity contribution in [1.82, 2.24) is 9.88 Å². The Kier molecular flexibility index (Phi) is 4.88. The fourth-order valence-corrected chi connectivity index (χ4v) is 2.27. The number of rotatable bonds is 5. The lowest BCUT2D eigenvalue weighted by atomic mass is 10.3. The molecule has 2 aromatic heterocycles. The number of thiophene rings is 1. The van der Waals surface area contributed by atoms with Gasteiger partial charge < -0.3 is 15.3 Å². The molecule has 6 heteroatoms. The zero-order valence-electron chi connectivity index (χ0n) is 10.3. The molecule has 0 unspecified atom stereocenters. The van der Waals surface area contributed by atoms with E-state index in [2.05, 4.69) is 10.3 Å². The van der Waals surface area contributed by atoms with Crippen molar-refractivity contribution in [2.45, 2.75) is 6.54 Å². The number of hydrogen-bond acceptors (Lipinski definition) is 4. The molecular weight excluding hydrogens is 262 g/mol. The first-order chi connectivity index (χ1) is 9.29. The van der Waals surface area contributed by atoms with Crippen LogP contribution in [0.4, 0.5) is 10.5 Å². The lowest BCUT2D eigenvalue weighted by molar-refractivity contribution is 0.185. The fourth-order valence-electron chi connectivity index (χ4n) is 1.61. The van der Waals surface area contributed by atoms with Crippen molar-refractivity contribution in [3.8, 4) is 0 Å². The maximum atomic E-state index is 12.1. The number of aromatic nitrogens is 1. The molecule has 0 saturated heterocycles. The Morgan fingerprint density at radius 3 is 2.79 bits per heavy atom. The molecule has 0 saturated carbocycles. The minimum atomic E-state index is -0.230. The number of hydrogen-bond donors (Lipinski definition) is 2. The number of nitrogens with one attached hydrogen (secondary N) is 1. The fraction of sp³-hybridized carbons (Fsp3) is 0.231. The molecule has 0 aliphatic carbocycles. The third kappa shape index (κ3) is 4.04. The second-order valence-electron chi connectivity index (χ2n) is 3.94. The molecule has 100 valence electrons. The van der Waals surface area contributed by atoms with Crippen LogP contribution in [-0.2, 0) is 6.54 Å². The van der Waals surface area contributed by atoms with Crippen LogP contribution >= 0.6 is 11.3 Å². The zero-order chi connectivity index (χ0) is 13.5. The summed E-state index contributed by atoms with van der Waals surface area (Å²) in [5, 5.41) is 15.8. The van der Waals surface area contributed by atoms with Crippen molar-refractivity contribution in [3.05, 3.63) is 46.9 Å². The summed E-state index contributed by atoms with van der Waals surface area (Å²) >= 11 is 1.59. The molecule has 2 aromatic rings. The van der Waals surface area contributed by atoms with Gasteiger partial charge in [0, 0.05) is 31.2 Å². The zero-order valence-corrected chi connectivity index (χ0v) is 11.1. The Morgan fingerprint density at radius 2 is 2.16 bits per heavy atom. The van der Waals surface area contributed by atoms with Gasteiger partial charge in [0.05, 0.1) is 6.61 Å². The van der Waals surface area contributed by atoms with Crippen molar-refractivity contribution in [1.29, 1.82) is 0 Å². The van der Waals surface area contributed by atoms with Crippen LogP contribution < -0.4 is 5.32 Å². The predicted molar refractivity (Wildman–Crippen MR) is 75.1 cm³/mol. The van der Waals surface area contributed by atoms with Gasteiger partial charge in [0.15, 0.2) is 0 Å². The highest BCUT2D eigenvalue weighted by atomic mass is 32.1. The Bertz CT molecular complexity index is 502. The van der Waals surface area contributed by atoms with E-state index in [9.17, 15) is 4.79 Å². The molecule has 0 radical (unpaired) electrons. The van der Waals surface area contributed by atoms with Crippen molar-refractivity contribution in [2.75, 3.05) is 18.5 Å². The molecule has 5 nitrogen and oxygen atoms in total. The maximum absolute atomic E-state index is 12.1. The van der Waals surface area contributed by atoms with Crippen molar-refractivity contribution in [2.24, 2.45) is 0 Å². The van der Waals surface area contributed by atoms with Gasteiger partial charge >= 0.3 is 6.03 Å². The summed E-state index contributed by atoms with van der Waals surface area (Å²) in [5.41, 5.74) is 1.75. The number of anilines is 1. The van der Waals surface area contributed by atoms with Crippen LogP contribution in [0.1, 0.15) is 5.56 Å². The van der Waals surface area contributed by atoms with Crippen LogP contribution in [0.5, 0.6) is 0 Å². The normalized spacial score (nSPS) is 10.2. The number of carbonyl (C=O) groups is 1. The van der Waals surface area contributed by atoms with Gasteiger partial charge in [0.25, 0.3) is 0 Å². The topological polar surface area (TPSA) is 65.5 Å². The maximum Gasteiger partial charge on any atom is 0.322 e. The van der Waals surface area contributed by atoms with E-state index in [0.717, 1.165) is 5.56 Å². The van der Waals surface area contributed by atoms with Gasteiger partial charge in [0.2, 0.25) is 0 Å². The summed E-state index contributed by atoms with van der Waals surface area (Å²) in [5.74, 6) is 0. The van der Waals surface area contributed by atoms with Gasteiger partial charge in [-0.1, -0.05) is 0 Å². The Hall–Kier alpha value is -1.92. The third-order valence-corrected chi connectivity index (χ3v) is 3.27. The van der Waals surface area contributed by atoms with Gasteiger partial charge in [-0.15, -0.1) is 0 Å². The molecule has 0 bridgehead atoms. The molecule has 0 aromatic carbocycles. The molecule has 0 fully saturated rings. The highest BCUT2D eigenvalue weighted by molar-refractivity contribution is 7.07. The second-order valence-corrected chi connectivity index (χ2v) is 4.72. The lowest BCUT2D eigenvalue weighted by Gasteiger charge is -2.21. The number of nitrogens with zero attached hydrogens (tertiary/aromatic N) is 2. The van der Waals surface area contributed by atoms with Gasteiger partial charge in [-0.25, -0.2) is 4.79 Å². The van der Waals surface area contributed by atoms with Crippen molar-refractivity contribution < 1.29 is 9.90 Å². The average molecular weight is 277 g/mol. The number of aliphatic hydroxyl groups is 1. The van der Waals surface area contributed by atoms with Crippen LogP contribution in [0.2, 0.25) is 0 Å². The Morgan fingerprint density at radius 1 is 1.37 bits per heavy atom. The Balaban J connectivity index is 2.00. The highest BCUT2D eigenvalue weighted by Gasteiger charge is 2.13. The lowest BCUT2D eigenvalue weighted by Crippen LogP contribution is -2.36. The van der Waals surface area contributed by atoms with E-state index < -0.39 is 0 Å². The minimum absolute atomic E-state index is 0.0616. The first-order valence-electron chi connectivity index (χ1n) is 5.87. The van der Waals surface area contributed by atoms with Gasteiger partial charge in [-0.3, -0.25) is 4.98 Å². The monoisotopic (exact) mass is 277 g/mol. The number of urea groups is 1. The van der Waals surface area contributed by atoms with Crippen LogP contribution in [0, 0.1) is 0 Å². The van der Waals surface area contributed by atoms with E-state index in [1.165, 1.54) is 0 Å². The quantitative estimate of drug-likeness (QED) is 0.880. The molecule has 0 atom stereocenters. The van der Waals surface area contributed by atoms with Crippen LogP contribution in [0.15, 0.2) is 41.4 Å². The van der Waals surface area contributed by atoms with Crippen LogP contribution in [-0.4, -0.2) is 34.2 Å². The van der Waals surface area contributed by atoms with E-state index in [1.54, 1.807) is 40.8 Å². The van der Waals surface area contributed by atoms with Gasteiger partial charge in [-0.2, -0.15) is 11.3 Å². The molecular formula is C13H15N3O2S. The molecule has 2 rings (SSSR count). The van der Waals surface area contributed by atoms with Gasteiger partial charge in [0.1, 0.15) is 0 Å². The molecule has 2 N–H and O–H groups in total. The summed E-state index contributed by atoms with van der Waals surface area (Å²) in [6, 6.07) is 5.18.